The number of rotatable bonds is 4. The zero-order chi connectivity index (χ0) is 14.8. The van der Waals surface area contributed by atoms with Crippen LogP contribution in [0.25, 0.3) is 0 Å². The van der Waals surface area contributed by atoms with Crippen LogP contribution in [0, 0.1) is 10.1 Å². The van der Waals surface area contributed by atoms with E-state index < -0.39 is 46.7 Å². The van der Waals surface area contributed by atoms with E-state index in [9.17, 15) is 33.2 Å². The van der Waals surface area contributed by atoms with Gasteiger partial charge in [0, 0.05) is 0 Å². The molecule has 0 unspecified atom stereocenters. The number of ether oxygens (including phenoxy) is 1. The third-order valence-corrected chi connectivity index (χ3v) is 1.76. The molecule has 0 aromatic carbocycles. The van der Waals surface area contributed by atoms with Crippen LogP contribution in [-0.4, -0.2) is 32.5 Å². The van der Waals surface area contributed by atoms with E-state index in [1.54, 1.807) is 0 Å². The van der Waals surface area contributed by atoms with Crippen LogP contribution in [0.1, 0.15) is 5.69 Å². The molecule has 0 saturated heterocycles. The number of nitro groups is 1. The van der Waals surface area contributed by atoms with Crippen molar-refractivity contribution in [2.45, 2.75) is 12.8 Å². The molecule has 19 heavy (non-hydrogen) atoms. The SMILES string of the molecule is O=C(O)Cc1nc(OC(F)(F)F)cc([N+](=O)[O-])c1O. The average molecular weight is 282 g/mol. The third-order valence-electron chi connectivity index (χ3n) is 1.76. The van der Waals surface area contributed by atoms with Crippen molar-refractivity contribution >= 4 is 11.7 Å². The number of hydrogen-bond acceptors (Lipinski definition) is 6. The lowest BCUT2D eigenvalue weighted by Gasteiger charge is -2.09. The van der Waals surface area contributed by atoms with Crippen molar-refractivity contribution in [1.29, 1.82) is 0 Å². The van der Waals surface area contributed by atoms with Gasteiger partial charge in [-0.3, -0.25) is 14.9 Å². The van der Waals surface area contributed by atoms with E-state index >= 15 is 0 Å². The molecule has 0 amide bonds. The zero-order valence-corrected chi connectivity index (χ0v) is 8.84. The average Bonchev–Trinajstić information content (AvgIpc) is 2.19. The minimum Gasteiger partial charge on any atom is -0.501 e. The summed E-state index contributed by atoms with van der Waals surface area (Å²) >= 11 is 0. The number of aliphatic carboxylic acids is 1. The molecule has 0 aliphatic carbocycles. The fourth-order valence-electron chi connectivity index (χ4n) is 1.13. The van der Waals surface area contributed by atoms with Gasteiger partial charge in [-0.25, -0.2) is 4.98 Å². The number of carboxylic acid groups (broad SMARTS) is 1. The Hall–Kier alpha value is -2.59. The smallest absolute Gasteiger partial charge is 0.501 e. The Morgan fingerprint density at radius 3 is 2.53 bits per heavy atom. The van der Waals surface area contributed by atoms with Gasteiger partial charge in [-0.05, 0) is 0 Å². The van der Waals surface area contributed by atoms with E-state index in [2.05, 4.69) is 9.72 Å². The Morgan fingerprint density at radius 1 is 1.53 bits per heavy atom. The lowest BCUT2D eigenvalue weighted by Crippen LogP contribution is -2.18. The lowest BCUT2D eigenvalue weighted by atomic mass is 10.2. The lowest BCUT2D eigenvalue weighted by molar-refractivity contribution is -0.386. The maximum atomic E-state index is 12.0. The highest BCUT2D eigenvalue weighted by atomic mass is 19.4. The topological polar surface area (TPSA) is 123 Å². The van der Waals surface area contributed by atoms with Gasteiger partial charge >= 0.3 is 18.0 Å². The molecule has 0 aliphatic rings. The number of carboxylic acids is 1. The second-order valence-corrected chi connectivity index (χ2v) is 3.15. The van der Waals surface area contributed by atoms with Gasteiger partial charge in [0.05, 0.1) is 17.4 Å². The maximum absolute atomic E-state index is 12.0. The van der Waals surface area contributed by atoms with Gasteiger partial charge in [-0.15, -0.1) is 13.2 Å². The number of pyridine rings is 1. The van der Waals surface area contributed by atoms with Gasteiger partial charge in [0.25, 0.3) is 0 Å². The highest BCUT2D eigenvalue weighted by Crippen LogP contribution is 2.34. The largest absolute Gasteiger partial charge is 0.574 e. The fraction of sp³-hybridized carbons (Fsp3) is 0.250. The molecule has 0 bridgehead atoms. The number of aromatic hydroxyl groups is 1. The summed E-state index contributed by atoms with van der Waals surface area (Å²) in [4.78, 5) is 22.8. The van der Waals surface area contributed by atoms with Gasteiger partial charge in [-0.1, -0.05) is 0 Å². The first kappa shape index (κ1) is 14.5. The quantitative estimate of drug-likeness (QED) is 0.628. The van der Waals surface area contributed by atoms with Crippen LogP contribution in [0.4, 0.5) is 18.9 Å². The molecule has 0 radical (unpaired) electrons. The first-order valence-electron chi connectivity index (χ1n) is 4.45. The van der Waals surface area contributed by atoms with Crippen molar-refractivity contribution in [1.82, 2.24) is 4.98 Å². The first-order valence-corrected chi connectivity index (χ1v) is 4.45. The highest BCUT2D eigenvalue weighted by molar-refractivity contribution is 5.71. The van der Waals surface area contributed by atoms with E-state index in [1.165, 1.54) is 0 Å². The number of hydrogen-bond donors (Lipinski definition) is 2. The Balaban J connectivity index is 3.30. The molecule has 0 atom stereocenters. The first-order chi connectivity index (χ1) is 8.60. The van der Waals surface area contributed by atoms with Crippen LogP contribution in [0.5, 0.6) is 11.6 Å². The summed E-state index contributed by atoms with van der Waals surface area (Å²) in [5.41, 5.74) is -1.94. The summed E-state index contributed by atoms with van der Waals surface area (Å²) in [6, 6.07) is 0.244. The number of nitrogens with zero attached hydrogens (tertiary/aromatic N) is 2. The monoisotopic (exact) mass is 282 g/mol. The van der Waals surface area contributed by atoms with Crippen molar-refractivity contribution in [3.63, 3.8) is 0 Å². The highest BCUT2D eigenvalue weighted by Gasteiger charge is 2.34. The normalized spacial score (nSPS) is 11.1. The van der Waals surface area contributed by atoms with Crippen LogP contribution in [-0.2, 0) is 11.2 Å². The van der Waals surface area contributed by atoms with E-state index in [0.29, 0.717) is 0 Å². The molecule has 0 spiro atoms. The molecule has 0 aliphatic heterocycles. The maximum Gasteiger partial charge on any atom is 0.574 e. The molecular formula is C8H5F3N2O6. The van der Waals surface area contributed by atoms with Crippen molar-refractivity contribution < 1.29 is 37.8 Å². The molecule has 2 N–H and O–H groups in total. The number of aromatic nitrogens is 1. The zero-order valence-electron chi connectivity index (χ0n) is 8.84. The summed E-state index contributed by atoms with van der Waals surface area (Å²) in [5, 5.41) is 28.3. The minimum absolute atomic E-state index is 0.244. The predicted octanol–water partition coefficient (Wildman–Crippen LogP) is 1.22. The second-order valence-electron chi connectivity index (χ2n) is 3.15. The van der Waals surface area contributed by atoms with Gasteiger partial charge in [0.2, 0.25) is 11.6 Å². The van der Waals surface area contributed by atoms with Crippen molar-refractivity contribution in [3.05, 3.63) is 21.9 Å². The standard InChI is InChI=1S/C8H5F3N2O6/c9-8(10,11)19-5-2-4(13(17)18)7(16)3(12-5)1-6(14)15/h2,16H,1H2,(H,14,15). The van der Waals surface area contributed by atoms with Gasteiger partial charge < -0.3 is 14.9 Å². The number of alkyl halides is 3. The Bertz CT molecular complexity index is 530. The summed E-state index contributed by atoms with van der Waals surface area (Å²) < 4.78 is 39.2. The molecule has 1 rings (SSSR count). The van der Waals surface area contributed by atoms with Gasteiger partial charge in [-0.2, -0.15) is 0 Å². The summed E-state index contributed by atoms with van der Waals surface area (Å²) in [6.07, 6.45) is -6.15. The number of carbonyl (C=O) groups is 1. The summed E-state index contributed by atoms with van der Waals surface area (Å²) in [7, 11) is 0. The van der Waals surface area contributed by atoms with Crippen LogP contribution in [0.15, 0.2) is 6.07 Å². The minimum atomic E-state index is -5.15. The fourth-order valence-corrected chi connectivity index (χ4v) is 1.13. The molecule has 8 nitrogen and oxygen atoms in total. The van der Waals surface area contributed by atoms with Gasteiger partial charge in [0.1, 0.15) is 5.69 Å². The van der Waals surface area contributed by atoms with E-state index in [1.807, 2.05) is 0 Å². The summed E-state index contributed by atoms with van der Waals surface area (Å²) in [5.74, 6) is -3.89. The Labute approximate surface area is 102 Å². The molecule has 1 aromatic rings. The van der Waals surface area contributed by atoms with Gasteiger partial charge in [0.15, 0.2) is 0 Å². The Kier molecular flexibility index (Phi) is 3.77. The summed E-state index contributed by atoms with van der Waals surface area (Å²) in [6.45, 7) is 0. The predicted molar refractivity (Wildman–Crippen MR) is 50.6 cm³/mol. The van der Waals surface area contributed by atoms with Crippen LogP contribution in [0.3, 0.4) is 0 Å². The van der Waals surface area contributed by atoms with Crippen molar-refractivity contribution in [3.8, 4) is 11.6 Å². The molecule has 1 aromatic heterocycles. The van der Waals surface area contributed by atoms with Crippen LogP contribution in [0.2, 0.25) is 0 Å². The number of halogens is 3. The van der Waals surface area contributed by atoms with E-state index in [-0.39, 0.29) is 6.07 Å². The van der Waals surface area contributed by atoms with E-state index in [4.69, 9.17) is 5.11 Å². The van der Waals surface area contributed by atoms with E-state index in [0.717, 1.165) is 0 Å². The third kappa shape index (κ3) is 3.97. The molecular weight excluding hydrogens is 277 g/mol. The molecule has 0 saturated carbocycles. The molecule has 0 fully saturated rings. The molecule has 11 heteroatoms. The Morgan fingerprint density at radius 2 is 2.11 bits per heavy atom. The molecule has 104 valence electrons. The van der Waals surface area contributed by atoms with Crippen LogP contribution >= 0.6 is 0 Å². The van der Waals surface area contributed by atoms with Crippen molar-refractivity contribution in [2.75, 3.05) is 0 Å². The molecule has 1 heterocycles. The van der Waals surface area contributed by atoms with Crippen molar-refractivity contribution in [2.24, 2.45) is 0 Å². The second kappa shape index (κ2) is 4.96. The van der Waals surface area contributed by atoms with Crippen LogP contribution < -0.4 is 4.74 Å².